The van der Waals surface area contributed by atoms with Crippen LogP contribution in [-0.4, -0.2) is 18.6 Å². The largest absolute Gasteiger partial charge is 0.382 e. The Morgan fingerprint density at radius 1 is 1.24 bits per heavy atom. The zero-order valence-electron chi connectivity index (χ0n) is 10.9. The fourth-order valence-electron chi connectivity index (χ4n) is 3.13. The summed E-state index contributed by atoms with van der Waals surface area (Å²) in [6.45, 7) is 5.83. The van der Waals surface area contributed by atoms with Gasteiger partial charge in [0.25, 0.3) is 0 Å². The first kappa shape index (κ1) is 10.9. The van der Waals surface area contributed by atoms with Crippen molar-refractivity contribution in [2.45, 2.75) is 51.6 Å². The monoisotopic (exact) mass is 230 g/mol. The van der Waals surface area contributed by atoms with Crippen molar-refractivity contribution in [3.05, 3.63) is 23.8 Å². The third-order valence-corrected chi connectivity index (χ3v) is 4.22. The Hall–Kier alpha value is -1.18. The standard InChI is InChI=1S/C15H22N2/c1-11-5-6-13-10-14(7-8-15(13)16-11)17-9-3-4-12(17)2/h7-8,10-12,16H,3-6,9H2,1-2H3. The van der Waals surface area contributed by atoms with E-state index in [4.69, 9.17) is 0 Å². The molecule has 2 heterocycles. The van der Waals surface area contributed by atoms with E-state index in [1.54, 1.807) is 0 Å². The van der Waals surface area contributed by atoms with E-state index in [1.807, 2.05) is 0 Å². The van der Waals surface area contributed by atoms with Gasteiger partial charge in [0.05, 0.1) is 0 Å². The maximum absolute atomic E-state index is 3.57. The molecule has 2 aliphatic rings. The van der Waals surface area contributed by atoms with Gasteiger partial charge >= 0.3 is 0 Å². The van der Waals surface area contributed by atoms with Crippen molar-refractivity contribution in [1.82, 2.24) is 0 Å². The van der Waals surface area contributed by atoms with Crippen LogP contribution in [0.2, 0.25) is 0 Å². The maximum Gasteiger partial charge on any atom is 0.0376 e. The second-order valence-electron chi connectivity index (χ2n) is 5.61. The van der Waals surface area contributed by atoms with E-state index < -0.39 is 0 Å². The SMILES string of the molecule is CC1CCc2cc(N3CCCC3C)ccc2N1. The minimum atomic E-state index is 0.624. The molecule has 0 amide bonds. The van der Waals surface area contributed by atoms with E-state index in [0.29, 0.717) is 12.1 Å². The van der Waals surface area contributed by atoms with Crippen LogP contribution in [-0.2, 0) is 6.42 Å². The van der Waals surface area contributed by atoms with E-state index >= 15 is 0 Å². The van der Waals surface area contributed by atoms with E-state index in [2.05, 4.69) is 42.3 Å². The fraction of sp³-hybridized carbons (Fsp3) is 0.600. The summed E-state index contributed by atoms with van der Waals surface area (Å²) in [7, 11) is 0. The van der Waals surface area contributed by atoms with Crippen LogP contribution < -0.4 is 10.2 Å². The molecule has 2 heteroatoms. The molecule has 2 atom stereocenters. The molecule has 2 aliphatic heterocycles. The molecule has 1 aromatic rings. The zero-order chi connectivity index (χ0) is 11.8. The Bertz CT molecular complexity index is 413. The smallest absolute Gasteiger partial charge is 0.0376 e. The van der Waals surface area contributed by atoms with E-state index in [1.165, 1.54) is 49.2 Å². The number of anilines is 2. The van der Waals surface area contributed by atoms with Gasteiger partial charge in [-0.05, 0) is 63.3 Å². The first-order valence-corrected chi connectivity index (χ1v) is 6.90. The summed E-state index contributed by atoms with van der Waals surface area (Å²) in [6.07, 6.45) is 5.16. The van der Waals surface area contributed by atoms with Crippen molar-refractivity contribution >= 4 is 11.4 Å². The molecule has 17 heavy (non-hydrogen) atoms. The molecule has 0 spiro atoms. The van der Waals surface area contributed by atoms with Crippen molar-refractivity contribution in [1.29, 1.82) is 0 Å². The van der Waals surface area contributed by atoms with Gasteiger partial charge in [-0.3, -0.25) is 0 Å². The lowest BCUT2D eigenvalue weighted by Crippen LogP contribution is -2.27. The van der Waals surface area contributed by atoms with Crippen molar-refractivity contribution < 1.29 is 0 Å². The average Bonchev–Trinajstić information content (AvgIpc) is 2.75. The first-order chi connectivity index (χ1) is 8.24. The maximum atomic E-state index is 3.57. The van der Waals surface area contributed by atoms with Gasteiger partial charge in [-0.1, -0.05) is 0 Å². The summed E-state index contributed by atoms with van der Waals surface area (Å²) in [5, 5.41) is 3.57. The van der Waals surface area contributed by atoms with Crippen LogP contribution in [0.5, 0.6) is 0 Å². The molecule has 2 unspecified atom stereocenters. The highest BCUT2D eigenvalue weighted by atomic mass is 15.2. The number of aryl methyl sites for hydroxylation is 1. The van der Waals surface area contributed by atoms with Crippen molar-refractivity contribution in [3.63, 3.8) is 0 Å². The number of rotatable bonds is 1. The number of hydrogen-bond donors (Lipinski definition) is 1. The molecular formula is C15H22N2. The predicted octanol–water partition coefficient (Wildman–Crippen LogP) is 3.42. The summed E-state index contributed by atoms with van der Waals surface area (Å²) in [5.41, 5.74) is 4.27. The van der Waals surface area contributed by atoms with E-state index in [9.17, 15) is 0 Å². The Morgan fingerprint density at radius 3 is 2.88 bits per heavy atom. The van der Waals surface area contributed by atoms with E-state index in [-0.39, 0.29) is 0 Å². The number of hydrogen-bond acceptors (Lipinski definition) is 2. The summed E-state index contributed by atoms with van der Waals surface area (Å²) >= 11 is 0. The minimum absolute atomic E-state index is 0.624. The summed E-state index contributed by atoms with van der Waals surface area (Å²) < 4.78 is 0. The van der Waals surface area contributed by atoms with Crippen LogP contribution in [0.1, 0.15) is 38.7 Å². The lowest BCUT2D eigenvalue weighted by atomic mass is 9.98. The summed E-state index contributed by atoms with van der Waals surface area (Å²) in [6, 6.07) is 8.29. The van der Waals surface area contributed by atoms with Crippen molar-refractivity contribution in [3.8, 4) is 0 Å². The first-order valence-electron chi connectivity index (χ1n) is 6.90. The van der Waals surface area contributed by atoms with Crippen LogP contribution in [0, 0.1) is 0 Å². The topological polar surface area (TPSA) is 15.3 Å². The van der Waals surface area contributed by atoms with Gasteiger partial charge in [0.1, 0.15) is 0 Å². The molecule has 0 radical (unpaired) electrons. The normalized spacial score (nSPS) is 27.8. The fourth-order valence-corrected chi connectivity index (χ4v) is 3.13. The van der Waals surface area contributed by atoms with Crippen LogP contribution >= 0.6 is 0 Å². The van der Waals surface area contributed by atoms with E-state index in [0.717, 1.165) is 0 Å². The molecule has 1 fully saturated rings. The Labute approximate surface area is 104 Å². The van der Waals surface area contributed by atoms with Crippen molar-refractivity contribution in [2.75, 3.05) is 16.8 Å². The molecule has 1 N–H and O–H groups in total. The Kier molecular flexibility index (Phi) is 2.73. The zero-order valence-corrected chi connectivity index (χ0v) is 10.9. The van der Waals surface area contributed by atoms with Crippen LogP contribution in [0.25, 0.3) is 0 Å². The van der Waals surface area contributed by atoms with Crippen molar-refractivity contribution in [2.24, 2.45) is 0 Å². The second kappa shape index (κ2) is 4.25. The van der Waals surface area contributed by atoms with Gasteiger partial charge in [0.15, 0.2) is 0 Å². The van der Waals surface area contributed by atoms with Crippen LogP contribution in [0.4, 0.5) is 11.4 Å². The summed E-state index contributed by atoms with van der Waals surface area (Å²) in [5.74, 6) is 0. The highest BCUT2D eigenvalue weighted by molar-refractivity contribution is 5.62. The predicted molar refractivity (Wildman–Crippen MR) is 73.9 cm³/mol. The molecule has 3 rings (SSSR count). The van der Waals surface area contributed by atoms with Gasteiger partial charge < -0.3 is 10.2 Å². The number of nitrogens with one attached hydrogen (secondary N) is 1. The minimum Gasteiger partial charge on any atom is -0.382 e. The van der Waals surface area contributed by atoms with Gasteiger partial charge in [-0.25, -0.2) is 0 Å². The van der Waals surface area contributed by atoms with Gasteiger partial charge in [-0.2, -0.15) is 0 Å². The average molecular weight is 230 g/mol. The quantitative estimate of drug-likeness (QED) is 0.795. The molecule has 1 saturated heterocycles. The van der Waals surface area contributed by atoms with Gasteiger partial charge in [0.2, 0.25) is 0 Å². The Balaban J connectivity index is 1.88. The molecule has 0 aromatic heterocycles. The van der Waals surface area contributed by atoms with Crippen LogP contribution in [0.3, 0.4) is 0 Å². The number of nitrogens with zero attached hydrogens (tertiary/aromatic N) is 1. The molecule has 0 saturated carbocycles. The Morgan fingerprint density at radius 2 is 2.12 bits per heavy atom. The molecule has 0 bridgehead atoms. The van der Waals surface area contributed by atoms with Crippen LogP contribution in [0.15, 0.2) is 18.2 Å². The highest BCUT2D eigenvalue weighted by Crippen LogP contribution is 2.32. The molecular weight excluding hydrogens is 208 g/mol. The molecule has 1 aromatic carbocycles. The molecule has 92 valence electrons. The molecule has 0 aliphatic carbocycles. The van der Waals surface area contributed by atoms with Gasteiger partial charge in [0, 0.05) is 30.0 Å². The third kappa shape index (κ3) is 2.01. The lowest BCUT2D eigenvalue weighted by Gasteiger charge is -2.28. The molecule has 2 nitrogen and oxygen atoms in total. The highest BCUT2D eigenvalue weighted by Gasteiger charge is 2.22. The third-order valence-electron chi connectivity index (χ3n) is 4.22. The second-order valence-corrected chi connectivity index (χ2v) is 5.61. The number of benzene rings is 1. The number of fused-ring (bicyclic) bond motifs is 1. The summed E-state index contributed by atoms with van der Waals surface area (Å²) in [4.78, 5) is 2.55. The lowest BCUT2D eigenvalue weighted by molar-refractivity contribution is 0.679. The van der Waals surface area contributed by atoms with Gasteiger partial charge in [-0.15, -0.1) is 0 Å².